The quantitative estimate of drug-likeness (QED) is 0.857. The van der Waals surface area contributed by atoms with Crippen LogP contribution in [0, 0.1) is 17.2 Å². The zero-order valence-electron chi connectivity index (χ0n) is 13.5. The average Bonchev–Trinajstić information content (AvgIpc) is 2.69. The molecule has 3 atom stereocenters. The lowest BCUT2D eigenvalue weighted by Gasteiger charge is -2.30. The Morgan fingerprint density at radius 1 is 1.30 bits per heavy atom. The second-order valence-electron chi connectivity index (χ2n) is 7.13. The molecule has 0 aromatic heterocycles. The van der Waals surface area contributed by atoms with Gasteiger partial charge in [-0.1, -0.05) is 13.3 Å². The van der Waals surface area contributed by atoms with Gasteiger partial charge in [0.25, 0.3) is 0 Å². The fraction of sp³-hybridized carbons (Fsp3) is 0.941. The first-order chi connectivity index (χ1) is 9.58. The molecule has 1 saturated heterocycles. The van der Waals surface area contributed by atoms with E-state index in [9.17, 15) is 5.26 Å². The Kier molecular flexibility index (Phi) is 5.46. The zero-order chi connectivity index (χ0) is 14.6. The van der Waals surface area contributed by atoms with Crippen molar-refractivity contribution in [3.05, 3.63) is 0 Å². The number of hydrogen-bond acceptors (Lipinski definition) is 3. The maximum Gasteiger partial charge on any atom is 0.108 e. The van der Waals surface area contributed by atoms with Gasteiger partial charge in [0.05, 0.1) is 6.07 Å². The van der Waals surface area contributed by atoms with E-state index in [1.165, 1.54) is 45.2 Å². The molecule has 114 valence electrons. The minimum atomic E-state index is -0.269. The molecule has 0 amide bonds. The molecular formula is C17H31N3. The number of likely N-dealkylation sites (tertiary alicyclic amines) is 1. The SMILES string of the molecule is CCC1CCCN(C2CCC(C#N)(NC(C)C)C2)CC1. The molecular weight excluding hydrogens is 246 g/mol. The predicted molar refractivity (Wildman–Crippen MR) is 83.5 cm³/mol. The Balaban J connectivity index is 1.93. The van der Waals surface area contributed by atoms with Crippen LogP contribution in [0.3, 0.4) is 0 Å². The van der Waals surface area contributed by atoms with Crippen LogP contribution in [0.25, 0.3) is 0 Å². The topological polar surface area (TPSA) is 39.1 Å². The van der Waals surface area contributed by atoms with E-state index < -0.39 is 0 Å². The van der Waals surface area contributed by atoms with Crippen LogP contribution in [-0.4, -0.2) is 35.6 Å². The predicted octanol–water partition coefficient (Wildman–Crippen LogP) is 3.31. The number of rotatable bonds is 4. The summed E-state index contributed by atoms with van der Waals surface area (Å²) in [5.74, 6) is 0.927. The highest BCUT2D eigenvalue weighted by molar-refractivity contribution is 5.14. The van der Waals surface area contributed by atoms with Gasteiger partial charge < -0.3 is 4.90 Å². The number of nitrogens with one attached hydrogen (secondary N) is 1. The van der Waals surface area contributed by atoms with Crippen LogP contribution in [0.2, 0.25) is 0 Å². The van der Waals surface area contributed by atoms with E-state index in [4.69, 9.17) is 0 Å². The van der Waals surface area contributed by atoms with Crippen LogP contribution in [0.5, 0.6) is 0 Å². The molecule has 0 bridgehead atoms. The summed E-state index contributed by atoms with van der Waals surface area (Å²) in [5, 5.41) is 13.1. The first-order valence-corrected chi connectivity index (χ1v) is 8.51. The molecule has 2 rings (SSSR count). The van der Waals surface area contributed by atoms with E-state index in [1.807, 2.05) is 0 Å². The van der Waals surface area contributed by atoms with Gasteiger partial charge in [-0.05, 0) is 71.4 Å². The Morgan fingerprint density at radius 2 is 2.10 bits per heavy atom. The lowest BCUT2D eigenvalue weighted by Crippen LogP contribution is -2.47. The Bertz CT molecular complexity index is 347. The normalized spacial score (nSPS) is 36.0. The first-order valence-electron chi connectivity index (χ1n) is 8.51. The maximum atomic E-state index is 9.59. The van der Waals surface area contributed by atoms with E-state index in [2.05, 4.69) is 37.1 Å². The minimum Gasteiger partial charge on any atom is -0.300 e. The summed E-state index contributed by atoms with van der Waals surface area (Å²) in [5.41, 5.74) is -0.269. The molecule has 0 aromatic rings. The molecule has 3 heteroatoms. The monoisotopic (exact) mass is 277 g/mol. The Hall–Kier alpha value is -0.590. The van der Waals surface area contributed by atoms with Crippen molar-refractivity contribution in [2.45, 2.75) is 83.3 Å². The van der Waals surface area contributed by atoms with Crippen molar-refractivity contribution in [3.63, 3.8) is 0 Å². The molecule has 0 aromatic carbocycles. The van der Waals surface area contributed by atoms with Gasteiger partial charge in [-0.15, -0.1) is 0 Å². The molecule has 3 unspecified atom stereocenters. The summed E-state index contributed by atoms with van der Waals surface area (Å²) in [6.07, 6.45) is 8.63. The highest BCUT2D eigenvalue weighted by atomic mass is 15.2. The third kappa shape index (κ3) is 3.74. The first kappa shape index (κ1) is 15.8. The highest BCUT2D eigenvalue weighted by Crippen LogP contribution is 2.34. The number of nitriles is 1. The fourth-order valence-corrected chi connectivity index (χ4v) is 4.11. The van der Waals surface area contributed by atoms with Crippen molar-refractivity contribution in [1.29, 1.82) is 5.26 Å². The Labute approximate surface area is 124 Å². The van der Waals surface area contributed by atoms with Crippen molar-refractivity contribution < 1.29 is 0 Å². The van der Waals surface area contributed by atoms with Crippen LogP contribution >= 0.6 is 0 Å². The second-order valence-corrected chi connectivity index (χ2v) is 7.13. The summed E-state index contributed by atoms with van der Waals surface area (Å²) < 4.78 is 0. The smallest absolute Gasteiger partial charge is 0.108 e. The molecule has 0 spiro atoms. The van der Waals surface area contributed by atoms with Gasteiger partial charge in [-0.25, -0.2) is 0 Å². The third-order valence-corrected chi connectivity index (χ3v) is 5.24. The summed E-state index contributed by atoms with van der Waals surface area (Å²) >= 11 is 0. The van der Waals surface area contributed by atoms with E-state index in [-0.39, 0.29) is 5.54 Å². The summed E-state index contributed by atoms with van der Waals surface area (Å²) in [6.45, 7) is 9.09. The van der Waals surface area contributed by atoms with Gasteiger partial charge in [-0.2, -0.15) is 5.26 Å². The molecule has 0 radical (unpaired) electrons. The van der Waals surface area contributed by atoms with Gasteiger partial charge in [0.1, 0.15) is 5.54 Å². The maximum absolute atomic E-state index is 9.59. The van der Waals surface area contributed by atoms with E-state index in [0.29, 0.717) is 12.1 Å². The van der Waals surface area contributed by atoms with Crippen LogP contribution in [-0.2, 0) is 0 Å². The van der Waals surface area contributed by atoms with Crippen molar-refractivity contribution in [1.82, 2.24) is 10.2 Å². The molecule has 20 heavy (non-hydrogen) atoms. The van der Waals surface area contributed by atoms with Gasteiger partial charge in [0, 0.05) is 12.1 Å². The van der Waals surface area contributed by atoms with Crippen LogP contribution in [0.1, 0.15) is 65.7 Å². The minimum absolute atomic E-state index is 0.269. The average molecular weight is 277 g/mol. The van der Waals surface area contributed by atoms with Crippen molar-refractivity contribution >= 4 is 0 Å². The molecule has 2 aliphatic rings. The number of nitrogens with zero attached hydrogens (tertiary/aromatic N) is 2. The third-order valence-electron chi connectivity index (χ3n) is 5.24. The fourth-order valence-electron chi connectivity index (χ4n) is 4.11. The van der Waals surface area contributed by atoms with Crippen molar-refractivity contribution in [3.8, 4) is 6.07 Å². The van der Waals surface area contributed by atoms with E-state index in [0.717, 1.165) is 18.8 Å². The van der Waals surface area contributed by atoms with Gasteiger partial charge in [0.15, 0.2) is 0 Å². The summed E-state index contributed by atoms with van der Waals surface area (Å²) in [6, 6.07) is 3.59. The van der Waals surface area contributed by atoms with Gasteiger partial charge >= 0.3 is 0 Å². The van der Waals surface area contributed by atoms with E-state index >= 15 is 0 Å². The molecule has 1 N–H and O–H groups in total. The second kappa shape index (κ2) is 6.91. The highest BCUT2D eigenvalue weighted by Gasteiger charge is 2.41. The molecule has 1 heterocycles. The summed E-state index contributed by atoms with van der Waals surface area (Å²) in [4.78, 5) is 2.68. The Morgan fingerprint density at radius 3 is 2.75 bits per heavy atom. The lowest BCUT2D eigenvalue weighted by molar-refractivity contribution is 0.195. The van der Waals surface area contributed by atoms with E-state index in [1.54, 1.807) is 0 Å². The molecule has 1 aliphatic heterocycles. The van der Waals surface area contributed by atoms with Gasteiger partial charge in [-0.3, -0.25) is 5.32 Å². The molecule has 1 aliphatic carbocycles. The van der Waals surface area contributed by atoms with Crippen LogP contribution in [0.15, 0.2) is 0 Å². The van der Waals surface area contributed by atoms with Crippen LogP contribution < -0.4 is 5.32 Å². The number of hydrogen-bond donors (Lipinski definition) is 1. The summed E-state index contributed by atoms with van der Waals surface area (Å²) in [7, 11) is 0. The van der Waals surface area contributed by atoms with Crippen LogP contribution in [0.4, 0.5) is 0 Å². The van der Waals surface area contributed by atoms with Crippen molar-refractivity contribution in [2.75, 3.05) is 13.1 Å². The molecule has 3 nitrogen and oxygen atoms in total. The molecule has 2 fully saturated rings. The largest absolute Gasteiger partial charge is 0.300 e. The standard InChI is InChI=1S/C17H31N3/c1-4-15-6-5-10-20(11-8-15)16-7-9-17(12-16,13-18)19-14(2)3/h14-16,19H,4-12H2,1-3H3. The van der Waals surface area contributed by atoms with Crippen molar-refractivity contribution in [2.24, 2.45) is 5.92 Å². The van der Waals surface area contributed by atoms with Gasteiger partial charge in [0.2, 0.25) is 0 Å². The molecule has 1 saturated carbocycles. The lowest BCUT2D eigenvalue weighted by atomic mass is 9.98. The zero-order valence-corrected chi connectivity index (χ0v) is 13.5.